The van der Waals surface area contributed by atoms with Crippen molar-refractivity contribution < 1.29 is 9.84 Å². The highest BCUT2D eigenvalue weighted by atomic mass is 16.5. The number of benzene rings is 1. The summed E-state index contributed by atoms with van der Waals surface area (Å²) in [5, 5.41) is 17.2. The van der Waals surface area contributed by atoms with E-state index in [4.69, 9.17) is 4.74 Å². The molecule has 0 aliphatic heterocycles. The van der Waals surface area contributed by atoms with Gasteiger partial charge in [-0.25, -0.2) is 0 Å². The van der Waals surface area contributed by atoms with E-state index >= 15 is 0 Å². The average molecular weight is 289 g/mol. The zero-order valence-corrected chi connectivity index (χ0v) is 12.8. The zero-order chi connectivity index (χ0) is 15.2. The van der Waals surface area contributed by atoms with Crippen LogP contribution in [0.3, 0.4) is 0 Å². The summed E-state index contributed by atoms with van der Waals surface area (Å²) in [4.78, 5) is 0. The molecule has 1 unspecified atom stereocenters. The van der Waals surface area contributed by atoms with Gasteiger partial charge in [0.15, 0.2) is 0 Å². The summed E-state index contributed by atoms with van der Waals surface area (Å²) in [5.41, 5.74) is 3.39. The molecule has 0 saturated heterocycles. The van der Waals surface area contributed by atoms with Gasteiger partial charge in [0.25, 0.3) is 0 Å². The molecule has 1 aromatic heterocycles. The number of ether oxygens (including phenoxy) is 1. The number of hydrogen-bond donors (Lipinski definition) is 2. The van der Waals surface area contributed by atoms with E-state index < -0.39 is 6.10 Å². The zero-order valence-electron chi connectivity index (χ0n) is 12.8. The van der Waals surface area contributed by atoms with Crippen molar-refractivity contribution in [3.8, 4) is 5.75 Å². The molecule has 0 spiro atoms. The van der Waals surface area contributed by atoms with Gasteiger partial charge in [0.2, 0.25) is 0 Å². The van der Waals surface area contributed by atoms with Crippen LogP contribution in [0, 0.1) is 13.8 Å². The minimum atomic E-state index is -0.539. The van der Waals surface area contributed by atoms with Crippen molar-refractivity contribution in [1.82, 2.24) is 15.1 Å². The molecule has 0 bridgehead atoms. The minimum Gasteiger partial charge on any atom is -0.491 e. The molecule has 0 aliphatic carbocycles. The van der Waals surface area contributed by atoms with Gasteiger partial charge in [0, 0.05) is 31.9 Å². The van der Waals surface area contributed by atoms with Crippen LogP contribution in [0.25, 0.3) is 0 Å². The molecule has 0 amide bonds. The van der Waals surface area contributed by atoms with Gasteiger partial charge in [-0.1, -0.05) is 17.7 Å². The Morgan fingerprint density at radius 3 is 2.86 bits per heavy atom. The van der Waals surface area contributed by atoms with Crippen LogP contribution in [0.2, 0.25) is 0 Å². The topological polar surface area (TPSA) is 59.3 Å². The van der Waals surface area contributed by atoms with Gasteiger partial charge in [-0.3, -0.25) is 4.68 Å². The number of aliphatic hydroxyl groups is 1. The SMILES string of the molecule is Cc1ccc(OCC(O)CNCc2cnn(C)c2)c(C)c1. The molecule has 5 heteroatoms. The third-order valence-electron chi connectivity index (χ3n) is 3.23. The van der Waals surface area contributed by atoms with Crippen LogP contribution in [-0.4, -0.2) is 34.1 Å². The van der Waals surface area contributed by atoms with Crippen molar-refractivity contribution in [2.24, 2.45) is 7.05 Å². The predicted molar refractivity (Wildman–Crippen MR) is 82.3 cm³/mol. The maximum absolute atomic E-state index is 9.93. The first-order valence-electron chi connectivity index (χ1n) is 7.11. The van der Waals surface area contributed by atoms with Crippen molar-refractivity contribution in [2.75, 3.05) is 13.2 Å². The van der Waals surface area contributed by atoms with Crippen LogP contribution in [0.4, 0.5) is 0 Å². The van der Waals surface area contributed by atoms with E-state index in [0.717, 1.165) is 16.9 Å². The van der Waals surface area contributed by atoms with Crippen molar-refractivity contribution in [2.45, 2.75) is 26.5 Å². The molecule has 5 nitrogen and oxygen atoms in total. The van der Waals surface area contributed by atoms with Crippen LogP contribution in [0.15, 0.2) is 30.6 Å². The highest BCUT2D eigenvalue weighted by Gasteiger charge is 2.07. The number of nitrogens with one attached hydrogen (secondary N) is 1. The highest BCUT2D eigenvalue weighted by Crippen LogP contribution is 2.18. The predicted octanol–water partition coefficient (Wildman–Crippen LogP) is 1.57. The molecular weight excluding hydrogens is 266 g/mol. The largest absolute Gasteiger partial charge is 0.491 e. The fourth-order valence-electron chi connectivity index (χ4n) is 2.15. The Morgan fingerprint density at radius 2 is 2.19 bits per heavy atom. The number of aromatic nitrogens is 2. The Balaban J connectivity index is 1.70. The third kappa shape index (κ3) is 4.88. The van der Waals surface area contributed by atoms with E-state index in [2.05, 4.69) is 16.5 Å². The normalized spacial score (nSPS) is 12.4. The molecule has 0 aliphatic rings. The summed E-state index contributed by atoms with van der Waals surface area (Å²) in [6, 6.07) is 6.03. The summed E-state index contributed by atoms with van der Waals surface area (Å²) >= 11 is 0. The lowest BCUT2D eigenvalue weighted by Gasteiger charge is -2.14. The van der Waals surface area contributed by atoms with Gasteiger partial charge in [-0.05, 0) is 25.5 Å². The van der Waals surface area contributed by atoms with Crippen molar-refractivity contribution in [1.29, 1.82) is 0 Å². The molecule has 0 fully saturated rings. The van der Waals surface area contributed by atoms with Gasteiger partial charge < -0.3 is 15.2 Å². The van der Waals surface area contributed by atoms with Crippen LogP contribution in [0.5, 0.6) is 5.75 Å². The molecular formula is C16H23N3O2. The van der Waals surface area contributed by atoms with Crippen molar-refractivity contribution in [3.05, 3.63) is 47.3 Å². The first-order chi connectivity index (χ1) is 10.0. The summed E-state index contributed by atoms with van der Waals surface area (Å²) in [7, 11) is 1.89. The van der Waals surface area contributed by atoms with Gasteiger partial charge in [-0.2, -0.15) is 5.10 Å². The molecule has 2 aromatic rings. The molecule has 1 atom stereocenters. The van der Waals surface area contributed by atoms with Crippen molar-refractivity contribution in [3.63, 3.8) is 0 Å². The standard InChI is InChI=1S/C16H23N3O2/c1-12-4-5-16(13(2)6-12)21-11-15(20)9-17-7-14-8-18-19(3)10-14/h4-6,8,10,15,17,20H,7,9,11H2,1-3H3. The van der Waals surface area contributed by atoms with Gasteiger partial charge in [0.1, 0.15) is 18.5 Å². The first-order valence-corrected chi connectivity index (χ1v) is 7.11. The Hall–Kier alpha value is -1.85. The number of nitrogens with zero attached hydrogens (tertiary/aromatic N) is 2. The summed E-state index contributed by atoms with van der Waals surface area (Å²) in [6.45, 7) is 5.52. The maximum atomic E-state index is 9.93. The van der Waals surface area contributed by atoms with Gasteiger partial charge in [-0.15, -0.1) is 0 Å². The van der Waals surface area contributed by atoms with E-state index in [1.54, 1.807) is 4.68 Å². The maximum Gasteiger partial charge on any atom is 0.122 e. The number of hydrogen-bond acceptors (Lipinski definition) is 4. The van der Waals surface area contributed by atoms with E-state index in [0.29, 0.717) is 13.1 Å². The number of aliphatic hydroxyl groups excluding tert-OH is 1. The van der Waals surface area contributed by atoms with E-state index in [9.17, 15) is 5.11 Å². The quantitative estimate of drug-likeness (QED) is 0.812. The second kappa shape index (κ2) is 7.24. The first kappa shape index (κ1) is 15.5. The Bertz CT molecular complexity index is 581. The number of rotatable bonds is 7. The highest BCUT2D eigenvalue weighted by molar-refractivity contribution is 5.35. The molecule has 21 heavy (non-hydrogen) atoms. The van der Waals surface area contributed by atoms with Crippen LogP contribution in [-0.2, 0) is 13.6 Å². The molecule has 1 heterocycles. The van der Waals surface area contributed by atoms with E-state index in [1.807, 2.05) is 45.4 Å². The summed E-state index contributed by atoms with van der Waals surface area (Å²) < 4.78 is 7.41. The molecule has 2 rings (SSSR count). The second-order valence-corrected chi connectivity index (χ2v) is 5.39. The lowest BCUT2D eigenvalue weighted by atomic mass is 10.1. The summed E-state index contributed by atoms with van der Waals surface area (Å²) in [5.74, 6) is 0.826. The van der Waals surface area contributed by atoms with Crippen LogP contribution < -0.4 is 10.1 Å². The van der Waals surface area contributed by atoms with E-state index in [-0.39, 0.29) is 6.61 Å². The van der Waals surface area contributed by atoms with Gasteiger partial charge in [0.05, 0.1) is 6.20 Å². The second-order valence-electron chi connectivity index (χ2n) is 5.39. The summed E-state index contributed by atoms with van der Waals surface area (Å²) in [6.07, 6.45) is 3.22. The Labute approximate surface area is 125 Å². The molecule has 114 valence electrons. The third-order valence-corrected chi connectivity index (χ3v) is 3.23. The van der Waals surface area contributed by atoms with E-state index in [1.165, 1.54) is 5.56 Å². The Kier molecular flexibility index (Phi) is 5.36. The molecule has 0 saturated carbocycles. The molecule has 1 aromatic carbocycles. The van der Waals surface area contributed by atoms with Gasteiger partial charge >= 0.3 is 0 Å². The lowest BCUT2D eigenvalue weighted by Crippen LogP contribution is -2.31. The Morgan fingerprint density at radius 1 is 1.38 bits per heavy atom. The fourth-order valence-corrected chi connectivity index (χ4v) is 2.15. The van der Waals surface area contributed by atoms with Crippen LogP contribution >= 0.6 is 0 Å². The number of aryl methyl sites for hydroxylation is 3. The smallest absolute Gasteiger partial charge is 0.122 e. The average Bonchev–Trinajstić information content (AvgIpc) is 2.83. The van der Waals surface area contributed by atoms with Crippen molar-refractivity contribution >= 4 is 0 Å². The lowest BCUT2D eigenvalue weighted by molar-refractivity contribution is 0.106. The molecule has 2 N–H and O–H groups in total. The van der Waals surface area contributed by atoms with Crippen LogP contribution in [0.1, 0.15) is 16.7 Å². The monoisotopic (exact) mass is 289 g/mol. The molecule has 0 radical (unpaired) electrons. The minimum absolute atomic E-state index is 0.282. The fraction of sp³-hybridized carbons (Fsp3) is 0.438.